The topological polar surface area (TPSA) is 38.3 Å². The Kier molecular flexibility index (Phi) is 5.10. The molecule has 1 N–H and O–H groups in total. The Balaban J connectivity index is 1.48. The maximum atomic E-state index is 12.9. The van der Waals surface area contributed by atoms with Crippen molar-refractivity contribution in [3.63, 3.8) is 0 Å². The molecule has 1 amide bonds. The molecule has 0 bridgehead atoms. The monoisotopic (exact) mass is 359 g/mol. The number of aryl methyl sites for hydroxylation is 1. The van der Waals surface area contributed by atoms with Crippen LogP contribution in [-0.4, -0.2) is 12.0 Å². The summed E-state index contributed by atoms with van der Waals surface area (Å²) in [4.78, 5) is 12.9. The normalized spacial score (nSPS) is 17.1. The highest BCUT2D eigenvalue weighted by atomic mass is 16.5. The maximum Gasteiger partial charge on any atom is 0.261 e. The van der Waals surface area contributed by atoms with E-state index in [1.165, 1.54) is 16.5 Å². The van der Waals surface area contributed by atoms with Gasteiger partial charge in [0, 0.05) is 0 Å². The molecular weight excluding hydrogens is 334 g/mol. The first-order valence-corrected chi connectivity index (χ1v) is 9.78. The Morgan fingerprint density at radius 3 is 2.70 bits per heavy atom. The van der Waals surface area contributed by atoms with Gasteiger partial charge >= 0.3 is 0 Å². The van der Waals surface area contributed by atoms with Gasteiger partial charge in [0.25, 0.3) is 5.91 Å². The number of nitrogens with one attached hydrogen (secondary N) is 1. The summed E-state index contributed by atoms with van der Waals surface area (Å²) in [5.74, 6) is 0.701. The van der Waals surface area contributed by atoms with Crippen LogP contribution in [0.3, 0.4) is 0 Å². The molecule has 0 radical (unpaired) electrons. The fourth-order valence-corrected chi connectivity index (χ4v) is 3.90. The molecule has 0 unspecified atom stereocenters. The molecule has 27 heavy (non-hydrogen) atoms. The lowest BCUT2D eigenvalue weighted by atomic mass is 9.87. The predicted octanol–water partition coefficient (Wildman–Crippen LogP) is 5.19. The van der Waals surface area contributed by atoms with E-state index < -0.39 is 6.10 Å². The summed E-state index contributed by atoms with van der Waals surface area (Å²) in [5, 5.41) is 5.50. The first-order valence-electron chi connectivity index (χ1n) is 9.78. The largest absolute Gasteiger partial charge is 0.481 e. The average Bonchev–Trinajstić information content (AvgIpc) is 2.72. The van der Waals surface area contributed by atoms with Gasteiger partial charge in [-0.05, 0) is 59.7 Å². The Labute approximate surface area is 160 Å². The van der Waals surface area contributed by atoms with Gasteiger partial charge < -0.3 is 10.1 Å². The number of hydrogen-bond acceptors (Lipinski definition) is 2. The molecule has 0 aromatic heterocycles. The molecule has 3 aromatic rings. The number of ether oxygens (including phenoxy) is 1. The molecule has 0 spiro atoms. The zero-order chi connectivity index (χ0) is 18.6. The highest BCUT2D eigenvalue weighted by Gasteiger charge is 2.25. The molecule has 0 heterocycles. The summed E-state index contributed by atoms with van der Waals surface area (Å²) in [6.07, 6.45) is 3.32. The van der Waals surface area contributed by atoms with E-state index in [0.29, 0.717) is 6.42 Å². The van der Waals surface area contributed by atoms with Gasteiger partial charge in [-0.2, -0.15) is 0 Å². The standard InChI is InChI=1S/C24H25NO2/c1-2-23(27-20-15-14-17-8-3-4-10-19(17)16-20)24(26)25-22-13-7-11-18-9-5-6-12-21(18)22/h3-6,8-10,12,14-16,22-23H,2,7,11,13H2,1H3,(H,25,26)/t22-,23-/m0/s1. The second kappa shape index (κ2) is 7.83. The molecule has 0 saturated heterocycles. The fourth-order valence-electron chi connectivity index (χ4n) is 3.90. The SMILES string of the molecule is CC[C@H](Oc1ccc2ccccc2c1)C(=O)N[C@H]1CCCc2ccccc21. The lowest BCUT2D eigenvalue weighted by Gasteiger charge is -2.28. The highest BCUT2D eigenvalue weighted by molar-refractivity contribution is 5.84. The van der Waals surface area contributed by atoms with Gasteiger partial charge in [0.15, 0.2) is 6.10 Å². The van der Waals surface area contributed by atoms with E-state index in [1.807, 2.05) is 43.3 Å². The molecule has 3 nitrogen and oxygen atoms in total. The van der Waals surface area contributed by atoms with Crippen molar-refractivity contribution in [3.05, 3.63) is 77.9 Å². The van der Waals surface area contributed by atoms with Gasteiger partial charge in [-0.25, -0.2) is 0 Å². The summed E-state index contributed by atoms with van der Waals surface area (Å²) in [6.45, 7) is 1.99. The van der Waals surface area contributed by atoms with Crippen molar-refractivity contribution in [2.75, 3.05) is 0 Å². The maximum absolute atomic E-state index is 12.9. The number of amides is 1. The lowest BCUT2D eigenvalue weighted by molar-refractivity contribution is -0.129. The summed E-state index contributed by atoms with van der Waals surface area (Å²) in [7, 11) is 0. The summed E-state index contributed by atoms with van der Waals surface area (Å²) in [6, 6.07) is 22.6. The predicted molar refractivity (Wildman–Crippen MR) is 109 cm³/mol. The van der Waals surface area contributed by atoms with E-state index in [1.54, 1.807) is 0 Å². The number of rotatable bonds is 5. The van der Waals surface area contributed by atoms with Crippen LogP contribution in [0.15, 0.2) is 66.7 Å². The molecule has 0 saturated carbocycles. The molecule has 0 aliphatic heterocycles. The summed E-state index contributed by atoms with van der Waals surface area (Å²) >= 11 is 0. The van der Waals surface area contributed by atoms with Crippen LogP contribution in [-0.2, 0) is 11.2 Å². The van der Waals surface area contributed by atoms with Crippen molar-refractivity contribution in [3.8, 4) is 5.75 Å². The van der Waals surface area contributed by atoms with Crippen LogP contribution in [0.4, 0.5) is 0 Å². The van der Waals surface area contributed by atoms with E-state index in [9.17, 15) is 4.79 Å². The van der Waals surface area contributed by atoms with Crippen molar-refractivity contribution in [1.82, 2.24) is 5.32 Å². The van der Waals surface area contributed by atoms with Crippen LogP contribution in [0.2, 0.25) is 0 Å². The minimum absolute atomic E-state index is 0.0349. The number of hydrogen-bond donors (Lipinski definition) is 1. The smallest absolute Gasteiger partial charge is 0.261 e. The van der Waals surface area contributed by atoms with Gasteiger partial charge in [0.05, 0.1) is 6.04 Å². The van der Waals surface area contributed by atoms with E-state index in [2.05, 4.69) is 35.6 Å². The van der Waals surface area contributed by atoms with E-state index in [4.69, 9.17) is 4.74 Å². The number of fused-ring (bicyclic) bond motifs is 2. The molecule has 3 heteroatoms. The van der Waals surface area contributed by atoms with Crippen LogP contribution in [0.5, 0.6) is 5.75 Å². The van der Waals surface area contributed by atoms with Crippen molar-refractivity contribution in [1.29, 1.82) is 0 Å². The Hall–Kier alpha value is -2.81. The third kappa shape index (κ3) is 3.82. The molecule has 4 rings (SSSR count). The van der Waals surface area contributed by atoms with Crippen LogP contribution in [0.25, 0.3) is 10.8 Å². The van der Waals surface area contributed by atoms with Gasteiger partial charge in [-0.3, -0.25) is 4.79 Å². The fraction of sp³-hybridized carbons (Fsp3) is 0.292. The zero-order valence-electron chi connectivity index (χ0n) is 15.7. The van der Waals surface area contributed by atoms with Gasteiger partial charge in [-0.1, -0.05) is 61.5 Å². The number of carbonyl (C=O) groups excluding carboxylic acids is 1. The first kappa shape index (κ1) is 17.6. The Morgan fingerprint density at radius 2 is 1.85 bits per heavy atom. The third-order valence-electron chi connectivity index (χ3n) is 5.35. The average molecular weight is 359 g/mol. The summed E-state index contributed by atoms with van der Waals surface area (Å²) < 4.78 is 6.05. The lowest BCUT2D eigenvalue weighted by Crippen LogP contribution is -2.40. The molecule has 1 aliphatic rings. The first-order chi connectivity index (χ1) is 13.2. The van der Waals surface area contributed by atoms with Crippen LogP contribution >= 0.6 is 0 Å². The minimum atomic E-state index is -0.486. The van der Waals surface area contributed by atoms with Crippen molar-refractivity contribution in [2.24, 2.45) is 0 Å². The van der Waals surface area contributed by atoms with Crippen molar-refractivity contribution < 1.29 is 9.53 Å². The zero-order valence-corrected chi connectivity index (χ0v) is 15.7. The van der Waals surface area contributed by atoms with Gasteiger partial charge in [-0.15, -0.1) is 0 Å². The molecule has 2 atom stereocenters. The third-order valence-corrected chi connectivity index (χ3v) is 5.35. The van der Waals surface area contributed by atoms with Gasteiger partial charge in [0.1, 0.15) is 5.75 Å². The molecule has 0 fully saturated rings. The molecular formula is C24H25NO2. The van der Waals surface area contributed by atoms with E-state index in [0.717, 1.165) is 30.4 Å². The second-order valence-corrected chi connectivity index (χ2v) is 7.18. The number of carbonyl (C=O) groups is 1. The highest BCUT2D eigenvalue weighted by Crippen LogP contribution is 2.30. The quantitative estimate of drug-likeness (QED) is 0.681. The molecule has 3 aromatic carbocycles. The van der Waals surface area contributed by atoms with E-state index in [-0.39, 0.29) is 11.9 Å². The van der Waals surface area contributed by atoms with Gasteiger partial charge in [0.2, 0.25) is 0 Å². The van der Waals surface area contributed by atoms with Crippen LogP contribution in [0.1, 0.15) is 43.4 Å². The van der Waals surface area contributed by atoms with Crippen molar-refractivity contribution >= 4 is 16.7 Å². The van der Waals surface area contributed by atoms with E-state index >= 15 is 0 Å². The second-order valence-electron chi connectivity index (χ2n) is 7.18. The molecule has 138 valence electrons. The Morgan fingerprint density at radius 1 is 1.07 bits per heavy atom. The Bertz CT molecular complexity index is 950. The number of benzene rings is 3. The van der Waals surface area contributed by atoms with Crippen molar-refractivity contribution in [2.45, 2.75) is 44.8 Å². The minimum Gasteiger partial charge on any atom is -0.481 e. The molecule has 1 aliphatic carbocycles. The van der Waals surface area contributed by atoms with Crippen LogP contribution in [0, 0.1) is 0 Å². The van der Waals surface area contributed by atoms with Crippen LogP contribution < -0.4 is 10.1 Å². The summed E-state index contributed by atoms with van der Waals surface area (Å²) in [5.41, 5.74) is 2.59.